The Labute approximate surface area is 237 Å². The summed E-state index contributed by atoms with van der Waals surface area (Å²) in [6.07, 6.45) is 1.45. The number of aryl methyl sites for hydroxylation is 1. The van der Waals surface area contributed by atoms with Crippen molar-refractivity contribution < 1.29 is 28.6 Å². The van der Waals surface area contributed by atoms with Crippen molar-refractivity contribution in [2.24, 2.45) is 5.10 Å². The zero-order valence-corrected chi connectivity index (χ0v) is 22.8. The van der Waals surface area contributed by atoms with E-state index >= 15 is 0 Å². The van der Waals surface area contributed by atoms with E-state index in [0.717, 1.165) is 5.56 Å². The predicted octanol–water partition coefficient (Wildman–Crippen LogP) is 5.64. The predicted molar refractivity (Wildman–Crippen MR) is 156 cm³/mol. The van der Waals surface area contributed by atoms with E-state index in [1.165, 1.54) is 6.21 Å². The van der Waals surface area contributed by atoms with E-state index in [2.05, 4.69) is 15.8 Å². The molecule has 2 amide bonds. The molecule has 4 aromatic rings. The maximum atomic E-state index is 12.5. The van der Waals surface area contributed by atoms with Crippen LogP contribution in [0.5, 0.6) is 17.2 Å². The Kier molecular flexibility index (Phi) is 9.45. The van der Waals surface area contributed by atoms with E-state index in [1.54, 1.807) is 86.0 Å². The van der Waals surface area contributed by atoms with Crippen molar-refractivity contribution in [2.75, 3.05) is 19.0 Å². The van der Waals surface area contributed by atoms with Gasteiger partial charge in [0, 0.05) is 16.8 Å². The van der Waals surface area contributed by atoms with E-state index in [-0.39, 0.29) is 11.7 Å². The molecule has 0 fully saturated rings. The third-order valence-corrected chi connectivity index (χ3v) is 5.89. The second kappa shape index (κ2) is 13.6. The van der Waals surface area contributed by atoms with Crippen LogP contribution in [-0.2, 0) is 0 Å². The minimum absolute atomic E-state index is 0.276. The van der Waals surface area contributed by atoms with Crippen LogP contribution in [0.15, 0.2) is 96.1 Å². The van der Waals surface area contributed by atoms with E-state index in [4.69, 9.17) is 14.2 Å². The van der Waals surface area contributed by atoms with Gasteiger partial charge in [-0.2, -0.15) is 5.10 Å². The number of amides is 2. The van der Waals surface area contributed by atoms with Gasteiger partial charge < -0.3 is 19.5 Å². The van der Waals surface area contributed by atoms with Gasteiger partial charge in [-0.1, -0.05) is 17.7 Å². The molecule has 0 radical (unpaired) electrons. The molecule has 0 heterocycles. The van der Waals surface area contributed by atoms with Gasteiger partial charge in [0.25, 0.3) is 11.8 Å². The number of anilines is 1. The Morgan fingerprint density at radius 3 is 2.07 bits per heavy atom. The quantitative estimate of drug-likeness (QED) is 0.114. The molecule has 0 aliphatic rings. The molecule has 2 N–H and O–H groups in total. The van der Waals surface area contributed by atoms with E-state index in [1.807, 2.05) is 26.0 Å². The summed E-state index contributed by atoms with van der Waals surface area (Å²) in [5.74, 6) is 0.102. The van der Waals surface area contributed by atoms with Gasteiger partial charge in [0.2, 0.25) is 0 Å². The van der Waals surface area contributed by atoms with Crippen LogP contribution in [0.3, 0.4) is 0 Å². The second-order valence-corrected chi connectivity index (χ2v) is 8.85. The van der Waals surface area contributed by atoms with Crippen LogP contribution in [0.4, 0.5) is 5.69 Å². The van der Waals surface area contributed by atoms with Crippen LogP contribution in [0.25, 0.3) is 0 Å². The molecule has 9 heteroatoms. The zero-order chi connectivity index (χ0) is 29.2. The van der Waals surface area contributed by atoms with E-state index in [9.17, 15) is 14.4 Å². The Hall–Kier alpha value is -5.44. The van der Waals surface area contributed by atoms with Gasteiger partial charge in [-0.25, -0.2) is 10.2 Å². The van der Waals surface area contributed by atoms with Crippen LogP contribution in [0, 0.1) is 6.92 Å². The zero-order valence-electron chi connectivity index (χ0n) is 22.8. The highest BCUT2D eigenvalue weighted by Crippen LogP contribution is 2.29. The third-order valence-electron chi connectivity index (χ3n) is 5.89. The van der Waals surface area contributed by atoms with Crippen molar-refractivity contribution in [3.63, 3.8) is 0 Å². The van der Waals surface area contributed by atoms with Gasteiger partial charge in [-0.3, -0.25) is 9.59 Å². The molecule has 0 bridgehead atoms. The highest BCUT2D eigenvalue weighted by molar-refractivity contribution is 6.04. The lowest BCUT2D eigenvalue weighted by molar-refractivity contribution is 0.0728. The number of nitrogens with zero attached hydrogens (tertiary/aromatic N) is 1. The molecule has 0 unspecified atom stereocenters. The average molecular weight is 552 g/mol. The average Bonchev–Trinajstić information content (AvgIpc) is 2.99. The summed E-state index contributed by atoms with van der Waals surface area (Å²) in [6.45, 7) is 4.12. The summed E-state index contributed by atoms with van der Waals surface area (Å²) in [4.78, 5) is 37.5. The van der Waals surface area contributed by atoms with Gasteiger partial charge >= 0.3 is 5.97 Å². The lowest BCUT2D eigenvalue weighted by Gasteiger charge is -2.11. The van der Waals surface area contributed by atoms with Gasteiger partial charge in [0.1, 0.15) is 5.75 Å². The SMILES string of the molecule is CCOc1cc(/C=N\NC(=O)c2ccc(NC(=O)c3ccc(OC)cc3)cc2)ccc1OC(=O)c1ccc(C)cc1. The maximum Gasteiger partial charge on any atom is 0.343 e. The Morgan fingerprint density at radius 2 is 1.41 bits per heavy atom. The first-order valence-corrected chi connectivity index (χ1v) is 12.8. The maximum absolute atomic E-state index is 12.5. The Balaban J connectivity index is 1.34. The number of carbonyl (C=O) groups excluding carboxylic acids is 3. The first kappa shape index (κ1) is 28.6. The van der Waals surface area contributed by atoms with Crippen molar-refractivity contribution in [1.82, 2.24) is 5.43 Å². The van der Waals surface area contributed by atoms with Crippen LogP contribution >= 0.6 is 0 Å². The number of carbonyl (C=O) groups is 3. The van der Waals surface area contributed by atoms with E-state index in [0.29, 0.717) is 46.0 Å². The molecule has 9 nitrogen and oxygen atoms in total. The number of benzene rings is 4. The van der Waals surface area contributed by atoms with Crippen molar-refractivity contribution in [3.05, 3.63) is 119 Å². The summed E-state index contributed by atoms with van der Waals surface area (Å²) in [7, 11) is 1.56. The lowest BCUT2D eigenvalue weighted by Crippen LogP contribution is -2.18. The van der Waals surface area contributed by atoms with E-state index < -0.39 is 11.9 Å². The number of hydrogen-bond donors (Lipinski definition) is 2. The smallest absolute Gasteiger partial charge is 0.343 e. The van der Waals surface area contributed by atoms with Crippen LogP contribution in [0.1, 0.15) is 49.1 Å². The largest absolute Gasteiger partial charge is 0.497 e. The van der Waals surface area contributed by atoms with Crippen LogP contribution in [-0.4, -0.2) is 37.7 Å². The van der Waals surface area contributed by atoms with Gasteiger partial charge in [0.05, 0.1) is 25.5 Å². The summed E-state index contributed by atoms with van der Waals surface area (Å²) >= 11 is 0. The molecular formula is C32H29N3O6. The summed E-state index contributed by atoms with van der Waals surface area (Å²) in [6, 6.07) is 25.2. The Morgan fingerprint density at radius 1 is 0.780 bits per heavy atom. The third kappa shape index (κ3) is 7.79. The van der Waals surface area contributed by atoms with Crippen LogP contribution in [0.2, 0.25) is 0 Å². The highest BCUT2D eigenvalue weighted by atomic mass is 16.6. The fraction of sp³-hybridized carbons (Fsp3) is 0.125. The summed E-state index contributed by atoms with van der Waals surface area (Å²) in [5.41, 5.74) is 5.95. The van der Waals surface area contributed by atoms with Crippen molar-refractivity contribution >= 4 is 29.7 Å². The number of rotatable bonds is 10. The number of hydrogen-bond acceptors (Lipinski definition) is 7. The minimum Gasteiger partial charge on any atom is -0.497 e. The van der Waals surface area contributed by atoms with Crippen LogP contribution < -0.4 is 25.0 Å². The van der Waals surface area contributed by atoms with Crippen molar-refractivity contribution in [3.8, 4) is 17.2 Å². The molecule has 41 heavy (non-hydrogen) atoms. The fourth-order valence-electron chi connectivity index (χ4n) is 3.69. The fourth-order valence-corrected chi connectivity index (χ4v) is 3.69. The van der Waals surface area contributed by atoms with Crippen molar-refractivity contribution in [2.45, 2.75) is 13.8 Å². The minimum atomic E-state index is -0.494. The number of nitrogens with one attached hydrogen (secondary N) is 2. The molecular weight excluding hydrogens is 522 g/mol. The second-order valence-electron chi connectivity index (χ2n) is 8.85. The molecule has 0 aliphatic carbocycles. The number of hydrazone groups is 1. The molecule has 4 rings (SSSR count). The normalized spacial score (nSPS) is 10.6. The highest BCUT2D eigenvalue weighted by Gasteiger charge is 2.13. The summed E-state index contributed by atoms with van der Waals surface area (Å²) in [5, 5.41) is 6.81. The summed E-state index contributed by atoms with van der Waals surface area (Å²) < 4.78 is 16.3. The molecule has 0 atom stereocenters. The first-order valence-electron chi connectivity index (χ1n) is 12.8. The molecule has 0 saturated carbocycles. The monoisotopic (exact) mass is 551 g/mol. The molecule has 0 spiro atoms. The molecule has 0 saturated heterocycles. The van der Waals surface area contributed by atoms with Gasteiger partial charge in [-0.15, -0.1) is 0 Å². The number of ether oxygens (including phenoxy) is 3. The molecule has 4 aromatic carbocycles. The number of esters is 1. The Bertz CT molecular complexity index is 1550. The van der Waals surface area contributed by atoms with Gasteiger partial charge in [-0.05, 0) is 98.3 Å². The number of methoxy groups -OCH3 is 1. The topological polar surface area (TPSA) is 115 Å². The lowest BCUT2D eigenvalue weighted by atomic mass is 10.1. The first-order chi connectivity index (χ1) is 19.9. The standard InChI is InChI=1S/C32H29N3O6/c1-4-40-29-19-22(7-18-28(29)41-32(38)25-8-5-21(2)6-9-25)20-33-35-31(37)24-10-14-26(15-11-24)34-30(36)23-12-16-27(39-3)17-13-23/h5-20H,4H2,1-3H3,(H,34,36)(H,35,37)/b33-20-. The molecule has 0 aliphatic heterocycles. The van der Waals surface area contributed by atoms with Crippen molar-refractivity contribution in [1.29, 1.82) is 0 Å². The molecule has 208 valence electrons. The van der Waals surface area contributed by atoms with Gasteiger partial charge in [0.15, 0.2) is 11.5 Å². The molecule has 0 aromatic heterocycles.